The van der Waals surface area contributed by atoms with Gasteiger partial charge in [-0.05, 0) is 12.8 Å². The third-order valence-electron chi connectivity index (χ3n) is 2.62. The van der Waals surface area contributed by atoms with E-state index in [1.165, 1.54) is 7.11 Å². The summed E-state index contributed by atoms with van der Waals surface area (Å²) in [7, 11) is 1.30. The summed E-state index contributed by atoms with van der Waals surface area (Å²) in [4.78, 5) is 23.1. The molecule has 6 heteroatoms. The third-order valence-corrected chi connectivity index (χ3v) is 2.62. The number of rotatable bonds is 5. The molecule has 3 atom stereocenters. The van der Waals surface area contributed by atoms with Crippen molar-refractivity contribution in [2.75, 3.05) is 7.11 Å². The van der Waals surface area contributed by atoms with Gasteiger partial charge in [-0.15, -0.1) is 12.4 Å². The summed E-state index contributed by atoms with van der Waals surface area (Å²) in [5.41, 5.74) is 5.62. The van der Waals surface area contributed by atoms with Crippen LogP contribution in [0.15, 0.2) is 0 Å². The fraction of sp³-hybridized carbons (Fsp3) is 0.818. The highest BCUT2D eigenvalue weighted by Gasteiger charge is 2.27. The second kappa shape index (κ2) is 8.31. The number of ether oxygens (including phenoxy) is 1. The molecule has 0 aliphatic heterocycles. The molecule has 1 amide bonds. The van der Waals surface area contributed by atoms with Crippen molar-refractivity contribution in [3.63, 3.8) is 0 Å². The highest BCUT2D eigenvalue weighted by Crippen LogP contribution is 2.06. The Balaban J connectivity index is 0. The van der Waals surface area contributed by atoms with Gasteiger partial charge in [-0.3, -0.25) is 4.79 Å². The molecule has 0 heterocycles. The van der Waals surface area contributed by atoms with Crippen LogP contribution in [0.4, 0.5) is 0 Å². The van der Waals surface area contributed by atoms with Gasteiger partial charge in [0, 0.05) is 12.0 Å². The highest BCUT2D eigenvalue weighted by atomic mass is 35.5. The first kappa shape index (κ1) is 18.6. The van der Waals surface area contributed by atoms with Crippen molar-refractivity contribution in [3.8, 4) is 0 Å². The number of nitrogens with two attached hydrogens (primary N) is 1. The first-order chi connectivity index (χ1) is 7.31. The average Bonchev–Trinajstić information content (AvgIpc) is 2.22. The van der Waals surface area contributed by atoms with E-state index in [1.807, 2.05) is 13.8 Å². The van der Waals surface area contributed by atoms with Crippen molar-refractivity contribution < 1.29 is 14.3 Å². The Kier molecular flexibility index (Phi) is 9.06. The molecule has 0 radical (unpaired) electrons. The zero-order valence-electron chi connectivity index (χ0n) is 11.0. The third kappa shape index (κ3) is 5.89. The van der Waals surface area contributed by atoms with Gasteiger partial charge in [0.25, 0.3) is 0 Å². The van der Waals surface area contributed by atoms with Crippen molar-refractivity contribution in [3.05, 3.63) is 0 Å². The molecule has 0 aliphatic rings. The predicted octanol–water partition coefficient (Wildman–Crippen LogP) is 0.705. The Labute approximate surface area is 109 Å². The van der Waals surface area contributed by atoms with E-state index in [1.54, 1.807) is 13.8 Å². The van der Waals surface area contributed by atoms with Crippen LogP contribution in [-0.2, 0) is 14.3 Å². The lowest BCUT2D eigenvalue weighted by atomic mass is 10.0. The maximum atomic E-state index is 11.7. The Morgan fingerprint density at radius 2 is 1.65 bits per heavy atom. The highest BCUT2D eigenvalue weighted by molar-refractivity contribution is 5.86. The number of carbonyl (C=O) groups excluding carboxylic acids is 2. The Morgan fingerprint density at radius 3 is 1.94 bits per heavy atom. The lowest BCUT2D eigenvalue weighted by Gasteiger charge is -2.23. The van der Waals surface area contributed by atoms with Gasteiger partial charge in [0.2, 0.25) is 5.91 Å². The second-order valence-corrected chi connectivity index (χ2v) is 4.40. The number of hydrogen-bond acceptors (Lipinski definition) is 4. The zero-order valence-corrected chi connectivity index (χ0v) is 11.8. The molecule has 3 unspecified atom stereocenters. The van der Waals surface area contributed by atoms with Gasteiger partial charge in [0.15, 0.2) is 0 Å². The molecule has 0 aromatic rings. The number of carbonyl (C=O) groups is 2. The smallest absolute Gasteiger partial charge is 0.328 e. The van der Waals surface area contributed by atoms with E-state index in [2.05, 4.69) is 10.1 Å². The standard InChI is InChI=1S/C11H22N2O3.ClH/c1-6(2)9(11(15)16-5)13-10(14)7(3)8(4)12;/h6-9H,12H2,1-5H3,(H,13,14);1H. The largest absolute Gasteiger partial charge is 0.467 e. The summed E-state index contributed by atoms with van der Waals surface area (Å²) in [5, 5.41) is 2.65. The minimum atomic E-state index is -0.612. The van der Waals surface area contributed by atoms with E-state index in [0.717, 1.165) is 0 Å². The summed E-state index contributed by atoms with van der Waals surface area (Å²) < 4.78 is 4.63. The van der Waals surface area contributed by atoms with Crippen LogP contribution in [-0.4, -0.2) is 31.1 Å². The van der Waals surface area contributed by atoms with Crippen LogP contribution < -0.4 is 11.1 Å². The van der Waals surface area contributed by atoms with E-state index in [9.17, 15) is 9.59 Å². The summed E-state index contributed by atoms with van der Waals surface area (Å²) >= 11 is 0. The van der Waals surface area contributed by atoms with Crippen LogP contribution in [0, 0.1) is 11.8 Å². The molecular weight excluding hydrogens is 244 g/mol. The molecule has 3 N–H and O–H groups in total. The first-order valence-corrected chi connectivity index (χ1v) is 5.45. The van der Waals surface area contributed by atoms with Crippen LogP contribution in [0.3, 0.4) is 0 Å². The van der Waals surface area contributed by atoms with Crippen LogP contribution in [0.5, 0.6) is 0 Å². The number of hydrogen-bond donors (Lipinski definition) is 2. The first-order valence-electron chi connectivity index (χ1n) is 5.45. The molecule has 0 aromatic heterocycles. The number of amides is 1. The summed E-state index contributed by atoms with van der Waals surface area (Å²) in [6, 6.07) is -0.857. The van der Waals surface area contributed by atoms with Crippen molar-refractivity contribution in [1.82, 2.24) is 5.32 Å². The SMILES string of the molecule is COC(=O)C(NC(=O)C(C)C(C)N)C(C)C.Cl. The molecule has 0 rings (SSSR count). The van der Waals surface area contributed by atoms with Gasteiger partial charge >= 0.3 is 5.97 Å². The topological polar surface area (TPSA) is 81.4 Å². The molecule has 0 spiro atoms. The van der Waals surface area contributed by atoms with Gasteiger partial charge in [-0.25, -0.2) is 4.79 Å². The molecular formula is C11H23ClN2O3. The maximum Gasteiger partial charge on any atom is 0.328 e. The van der Waals surface area contributed by atoms with Gasteiger partial charge in [-0.2, -0.15) is 0 Å². The number of nitrogens with one attached hydrogen (secondary N) is 1. The zero-order chi connectivity index (χ0) is 12.9. The molecule has 0 fully saturated rings. The molecule has 102 valence electrons. The van der Waals surface area contributed by atoms with Crippen LogP contribution in [0.25, 0.3) is 0 Å². The van der Waals surface area contributed by atoms with Gasteiger partial charge in [0.05, 0.1) is 7.11 Å². The van der Waals surface area contributed by atoms with E-state index < -0.39 is 12.0 Å². The minimum absolute atomic E-state index is 0. The maximum absolute atomic E-state index is 11.7. The minimum Gasteiger partial charge on any atom is -0.467 e. The van der Waals surface area contributed by atoms with E-state index >= 15 is 0 Å². The lowest BCUT2D eigenvalue weighted by Crippen LogP contribution is -2.49. The fourth-order valence-electron chi connectivity index (χ4n) is 1.15. The average molecular weight is 267 g/mol. The normalized spacial score (nSPS) is 15.5. The Hall–Kier alpha value is -0.810. The molecule has 0 saturated heterocycles. The molecule has 5 nitrogen and oxygen atoms in total. The number of halogens is 1. The van der Waals surface area contributed by atoms with Crippen LogP contribution >= 0.6 is 12.4 Å². The Morgan fingerprint density at radius 1 is 1.18 bits per heavy atom. The predicted molar refractivity (Wildman–Crippen MR) is 68.8 cm³/mol. The van der Waals surface area contributed by atoms with E-state index in [0.29, 0.717) is 0 Å². The van der Waals surface area contributed by atoms with Gasteiger partial charge in [-0.1, -0.05) is 20.8 Å². The van der Waals surface area contributed by atoms with E-state index in [4.69, 9.17) is 5.73 Å². The van der Waals surface area contributed by atoms with Crippen molar-refractivity contribution in [2.45, 2.75) is 39.8 Å². The summed E-state index contributed by atoms with van der Waals surface area (Å²) in [5.74, 6) is -0.998. The number of esters is 1. The quantitative estimate of drug-likeness (QED) is 0.718. The summed E-state index contributed by atoms with van der Waals surface area (Å²) in [6.07, 6.45) is 0. The monoisotopic (exact) mass is 266 g/mol. The van der Waals surface area contributed by atoms with Crippen LogP contribution in [0.1, 0.15) is 27.7 Å². The molecule has 0 aliphatic carbocycles. The van der Waals surface area contributed by atoms with Crippen molar-refractivity contribution >= 4 is 24.3 Å². The Bertz CT molecular complexity index is 257. The van der Waals surface area contributed by atoms with E-state index in [-0.39, 0.29) is 36.2 Å². The lowest BCUT2D eigenvalue weighted by molar-refractivity contribution is -0.146. The molecule has 0 aromatic carbocycles. The van der Waals surface area contributed by atoms with Crippen molar-refractivity contribution in [1.29, 1.82) is 0 Å². The number of methoxy groups -OCH3 is 1. The fourth-order valence-corrected chi connectivity index (χ4v) is 1.15. The molecule has 0 saturated carbocycles. The molecule has 17 heavy (non-hydrogen) atoms. The summed E-state index contributed by atoms with van der Waals surface area (Å²) in [6.45, 7) is 7.18. The van der Waals surface area contributed by atoms with Crippen LogP contribution in [0.2, 0.25) is 0 Å². The molecule has 0 bridgehead atoms. The van der Waals surface area contributed by atoms with Crippen molar-refractivity contribution in [2.24, 2.45) is 17.6 Å². The van der Waals surface area contributed by atoms with Gasteiger partial charge < -0.3 is 15.8 Å². The van der Waals surface area contributed by atoms with Gasteiger partial charge in [0.1, 0.15) is 6.04 Å². The second-order valence-electron chi connectivity index (χ2n) is 4.40.